The molecule has 0 atom stereocenters. The second-order valence-electron chi connectivity index (χ2n) is 3.57. The molecular weight excluding hydrogens is 258 g/mol. The van der Waals surface area contributed by atoms with Gasteiger partial charge in [0.2, 0.25) is 5.95 Å². The minimum atomic E-state index is -0.648. The highest BCUT2D eigenvalue weighted by Crippen LogP contribution is 2.13. The number of aliphatic hydroxyl groups excluding tert-OH is 4. The molecule has 10 heteroatoms. The molecule has 104 valence electrons. The van der Waals surface area contributed by atoms with E-state index >= 15 is 0 Å². The van der Waals surface area contributed by atoms with E-state index in [-0.39, 0.29) is 22.9 Å². The number of hydrogen-bond acceptors (Lipinski definition) is 8. The molecule has 0 radical (unpaired) electrons. The first-order valence-corrected chi connectivity index (χ1v) is 5.35. The zero-order chi connectivity index (χ0) is 14.0. The molecule has 5 N–H and O–H groups in total. The lowest BCUT2D eigenvalue weighted by Crippen LogP contribution is -2.26. The molecule has 0 aliphatic heterocycles. The van der Waals surface area contributed by atoms with Crippen LogP contribution < -0.4 is 10.9 Å². The van der Waals surface area contributed by atoms with Crippen LogP contribution >= 0.6 is 0 Å². The Morgan fingerprint density at radius 2 is 1.74 bits per heavy atom. The van der Waals surface area contributed by atoms with Crippen LogP contribution in [0.5, 0.6) is 0 Å². The molecular formula is C9H13N5O5. The van der Waals surface area contributed by atoms with Crippen LogP contribution in [0.1, 0.15) is 5.82 Å². The fraction of sp³-hybridized carbons (Fsp3) is 0.444. The zero-order valence-corrected chi connectivity index (χ0v) is 9.81. The lowest BCUT2D eigenvalue weighted by Gasteiger charge is -2.10. The van der Waals surface area contributed by atoms with Crippen molar-refractivity contribution in [2.45, 2.75) is 20.1 Å². The topological polar surface area (TPSA) is 146 Å². The van der Waals surface area contributed by atoms with Crippen LogP contribution in [-0.4, -0.2) is 46.3 Å². The Hall–Kier alpha value is -2.01. The SMILES string of the molecule is O=c1c2nc(CO)n(CO)c2nc(NCO)n1CO. The molecule has 0 fully saturated rings. The van der Waals surface area contributed by atoms with Gasteiger partial charge in [0.1, 0.15) is 32.6 Å². The van der Waals surface area contributed by atoms with Gasteiger partial charge in [0.05, 0.1) is 0 Å². The summed E-state index contributed by atoms with van der Waals surface area (Å²) in [5.74, 6) is 0.00864. The molecule has 0 bridgehead atoms. The lowest BCUT2D eigenvalue weighted by molar-refractivity contribution is 0.193. The summed E-state index contributed by atoms with van der Waals surface area (Å²) in [7, 11) is 0. The van der Waals surface area contributed by atoms with Crippen molar-refractivity contribution in [1.82, 2.24) is 19.1 Å². The van der Waals surface area contributed by atoms with Gasteiger partial charge in [0.15, 0.2) is 11.2 Å². The average molecular weight is 271 g/mol. The zero-order valence-electron chi connectivity index (χ0n) is 9.81. The van der Waals surface area contributed by atoms with Crippen molar-refractivity contribution in [2.24, 2.45) is 0 Å². The van der Waals surface area contributed by atoms with Crippen molar-refractivity contribution in [3.8, 4) is 0 Å². The maximum atomic E-state index is 12.1. The minimum absolute atomic E-state index is 0.0530. The summed E-state index contributed by atoms with van der Waals surface area (Å²) in [6.07, 6.45) is 0. The van der Waals surface area contributed by atoms with Crippen LogP contribution in [0.15, 0.2) is 4.79 Å². The van der Waals surface area contributed by atoms with Gasteiger partial charge in [0, 0.05) is 0 Å². The van der Waals surface area contributed by atoms with Crippen molar-refractivity contribution in [3.05, 3.63) is 16.2 Å². The first kappa shape index (κ1) is 13.4. The van der Waals surface area contributed by atoms with Gasteiger partial charge >= 0.3 is 0 Å². The van der Waals surface area contributed by atoms with Gasteiger partial charge in [-0.25, -0.2) is 4.98 Å². The molecule has 0 saturated heterocycles. The maximum Gasteiger partial charge on any atom is 0.285 e. The number of aliphatic hydroxyl groups is 4. The molecule has 0 spiro atoms. The van der Waals surface area contributed by atoms with E-state index in [0.717, 1.165) is 9.13 Å². The molecule has 2 aromatic heterocycles. The summed E-state index contributed by atoms with van der Waals surface area (Å²) in [6.45, 7) is -2.12. The molecule has 2 aromatic rings. The summed E-state index contributed by atoms with van der Waals surface area (Å²) in [5, 5.41) is 38.7. The Labute approximate surface area is 106 Å². The third kappa shape index (κ3) is 2.06. The highest BCUT2D eigenvalue weighted by molar-refractivity contribution is 5.72. The number of aromatic nitrogens is 4. The van der Waals surface area contributed by atoms with Crippen molar-refractivity contribution in [2.75, 3.05) is 12.0 Å². The molecule has 0 unspecified atom stereocenters. The number of fused-ring (bicyclic) bond motifs is 1. The summed E-state index contributed by atoms with van der Waals surface area (Å²) < 4.78 is 2.02. The first-order valence-electron chi connectivity index (χ1n) is 5.35. The van der Waals surface area contributed by atoms with E-state index in [9.17, 15) is 9.90 Å². The summed E-state index contributed by atoms with van der Waals surface area (Å²) in [5.41, 5.74) is -0.682. The molecule has 0 aromatic carbocycles. The molecule has 0 aliphatic carbocycles. The van der Waals surface area contributed by atoms with E-state index in [1.165, 1.54) is 0 Å². The Morgan fingerprint density at radius 1 is 1.05 bits per heavy atom. The second kappa shape index (κ2) is 5.32. The maximum absolute atomic E-state index is 12.1. The fourth-order valence-corrected chi connectivity index (χ4v) is 1.74. The monoisotopic (exact) mass is 271 g/mol. The molecule has 0 amide bonds. The number of nitrogens with one attached hydrogen (secondary N) is 1. The number of hydrogen-bond donors (Lipinski definition) is 5. The smallest absolute Gasteiger partial charge is 0.285 e. The van der Waals surface area contributed by atoms with E-state index in [0.29, 0.717) is 0 Å². The van der Waals surface area contributed by atoms with Gasteiger partial charge < -0.3 is 25.7 Å². The average Bonchev–Trinajstić information content (AvgIpc) is 2.77. The summed E-state index contributed by atoms with van der Waals surface area (Å²) >= 11 is 0. The van der Waals surface area contributed by atoms with Crippen molar-refractivity contribution in [3.63, 3.8) is 0 Å². The molecule has 2 rings (SSSR count). The summed E-state index contributed by atoms with van der Waals surface area (Å²) in [4.78, 5) is 19.9. The van der Waals surface area contributed by atoms with Crippen LogP contribution in [0.2, 0.25) is 0 Å². The van der Waals surface area contributed by atoms with E-state index in [2.05, 4.69) is 15.3 Å². The third-order valence-electron chi connectivity index (χ3n) is 2.60. The summed E-state index contributed by atoms with van der Waals surface area (Å²) in [6, 6.07) is 0. The van der Waals surface area contributed by atoms with Crippen LogP contribution in [0.25, 0.3) is 11.2 Å². The standard InChI is InChI=1S/C9H13N5O5/c15-1-5-11-6-7(13(5)3-17)12-9(10-2-16)14(4-18)8(6)19/h15-18H,1-4H2,(H,10,12). The predicted octanol–water partition coefficient (Wildman–Crippen LogP) is -2.65. The highest BCUT2D eigenvalue weighted by atomic mass is 16.3. The quantitative estimate of drug-likeness (QED) is 0.370. The van der Waals surface area contributed by atoms with E-state index in [4.69, 9.17) is 15.3 Å². The van der Waals surface area contributed by atoms with Crippen molar-refractivity contribution >= 4 is 17.1 Å². The minimum Gasteiger partial charge on any atom is -0.388 e. The van der Waals surface area contributed by atoms with Gasteiger partial charge in [0.25, 0.3) is 5.56 Å². The van der Waals surface area contributed by atoms with Crippen LogP contribution in [0.3, 0.4) is 0 Å². The van der Waals surface area contributed by atoms with Gasteiger partial charge in [-0.3, -0.25) is 13.9 Å². The lowest BCUT2D eigenvalue weighted by atomic mass is 10.5. The van der Waals surface area contributed by atoms with E-state index < -0.39 is 32.4 Å². The van der Waals surface area contributed by atoms with Crippen molar-refractivity contribution in [1.29, 1.82) is 0 Å². The normalized spacial score (nSPS) is 11.2. The van der Waals surface area contributed by atoms with Gasteiger partial charge in [-0.1, -0.05) is 0 Å². The largest absolute Gasteiger partial charge is 0.388 e. The number of imidazole rings is 1. The fourth-order valence-electron chi connectivity index (χ4n) is 1.74. The molecule has 19 heavy (non-hydrogen) atoms. The number of anilines is 1. The van der Waals surface area contributed by atoms with Crippen LogP contribution in [0, 0.1) is 0 Å². The molecule has 10 nitrogen and oxygen atoms in total. The third-order valence-corrected chi connectivity index (χ3v) is 2.60. The molecule has 0 aliphatic rings. The highest BCUT2D eigenvalue weighted by Gasteiger charge is 2.18. The van der Waals surface area contributed by atoms with Crippen molar-refractivity contribution < 1.29 is 20.4 Å². The Kier molecular flexibility index (Phi) is 3.76. The van der Waals surface area contributed by atoms with Gasteiger partial charge in [-0.05, 0) is 0 Å². The second-order valence-corrected chi connectivity index (χ2v) is 3.57. The van der Waals surface area contributed by atoms with Crippen LogP contribution in [0.4, 0.5) is 5.95 Å². The first-order chi connectivity index (χ1) is 9.17. The Balaban J connectivity index is 2.81. The number of rotatable bonds is 5. The molecule has 0 saturated carbocycles. The number of nitrogens with zero attached hydrogens (tertiary/aromatic N) is 4. The van der Waals surface area contributed by atoms with Gasteiger partial charge in [-0.2, -0.15) is 4.98 Å². The van der Waals surface area contributed by atoms with Crippen LogP contribution in [-0.2, 0) is 20.1 Å². The predicted molar refractivity (Wildman–Crippen MR) is 62.9 cm³/mol. The van der Waals surface area contributed by atoms with Gasteiger partial charge in [-0.15, -0.1) is 0 Å². The molecule has 2 heterocycles. The Morgan fingerprint density at radius 3 is 2.26 bits per heavy atom. The Bertz CT molecular complexity index is 648. The van der Waals surface area contributed by atoms with E-state index in [1.54, 1.807) is 0 Å². The van der Waals surface area contributed by atoms with E-state index in [1.807, 2.05) is 0 Å².